The number of carboxylic acid groups (broad SMARTS) is 2. The zero-order valence-corrected chi connectivity index (χ0v) is 29.9. The number of hydrogen-bond donors (Lipinski definition) is 4. The van der Waals surface area contributed by atoms with Crippen LogP contribution in [0.2, 0.25) is 0 Å². The number of carbonyl (C=O) groups is 4. The van der Waals surface area contributed by atoms with Gasteiger partial charge in [0, 0.05) is 30.5 Å². The molecule has 0 bridgehead atoms. The fraction of sp³-hybridized carbons (Fsp3) is 0.875. The quantitative estimate of drug-likeness (QED) is 0.0519. The lowest BCUT2D eigenvalue weighted by Gasteiger charge is -2.23. The SMILES string of the molecule is O=C(O)CCOCCOCCOCCOCCN(CCOCCOCCOCCOCCC(=O)O)C(=O)CCCC[C@H]1SC[C@H]2NC(=O)N[C@H]21. The molecule has 0 radical (unpaired) electrons. The maximum Gasteiger partial charge on any atom is 0.315 e. The number of nitrogens with one attached hydrogen (secondary N) is 2. The zero-order chi connectivity index (χ0) is 36.1. The molecule has 290 valence electrons. The van der Waals surface area contributed by atoms with Crippen molar-refractivity contribution in [1.82, 2.24) is 15.5 Å². The van der Waals surface area contributed by atoms with Crippen LogP contribution >= 0.6 is 11.8 Å². The number of amides is 3. The van der Waals surface area contributed by atoms with E-state index >= 15 is 0 Å². The van der Waals surface area contributed by atoms with E-state index in [1.807, 2.05) is 11.8 Å². The number of aliphatic carboxylic acids is 2. The van der Waals surface area contributed by atoms with Crippen LogP contribution in [-0.4, -0.2) is 181 Å². The predicted octanol–water partition coefficient (Wildman–Crippen LogP) is 0.623. The van der Waals surface area contributed by atoms with E-state index in [0.717, 1.165) is 25.0 Å². The highest BCUT2D eigenvalue weighted by atomic mass is 32.2. The van der Waals surface area contributed by atoms with Crippen molar-refractivity contribution in [2.24, 2.45) is 0 Å². The van der Waals surface area contributed by atoms with Gasteiger partial charge in [0.1, 0.15) is 0 Å². The number of hydrogen-bond acceptors (Lipinski definition) is 13. The van der Waals surface area contributed by atoms with Crippen LogP contribution in [0.15, 0.2) is 0 Å². The number of carbonyl (C=O) groups excluding carboxylic acids is 2. The van der Waals surface area contributed by atoms with Crippen molar-refractivity contribution in [3.8, 4) is 0 Å². The van der Waals surface area contributed by atoms with E-state index in [4.69, 9.17) is 48.1 Å². The van der Waals surface area contributed by atoms with Gasteiger partial charge in [0.25, 0.3) is 0 Å². The summed E-state index contributed by atoms with van der Waals surface area (Å²) in [7, 11) is 0. The van der Waals surface area contributed by atoms with Crippen LogP contribution in [-0.2, 0) is 52.3 Å². The van der Waals surface area contributed by atoms with Crippen molar-refractivity contribution in [3.05, 3.63) is 0 Å². The standard InChI is InChI=1S/C32H57N3O14S/c36-28(4-2-1-3-27-31-26(25-50-27)33-32(41)34-31)35(7-11-44-15-19-48-23-21-46-17-13-42-9-5-29(37)38)8-12-45-16-20-49-24-22-47-18-14-43-10-6-30(39)40/h26-27,31H,1-25H2,(H,37,38)(H,39,40)(H2,33,34,41)/t26-,27-,31-/m1/s1. The van der Waals surface area contributed by atoms with Crippen molar-refractivity contribution in [2.45, 2.75) is 55.9 Å². The second kappa shape index (κ2) is 29.3. The van der Waals surface area contributed by atoms with E-state index in [2.05, 4.69) is 10.6 Å². The third-order valence-electron chi connectivity index (χ3n) is 7.58. The molecule has 17 nitrogen and oxygen atoms in total. The molecule has 2 fully saturated rings. The first-order chi connectivity index (χ1) is 24.4. The summed E-state index contributed by atoms with van der Waals surface area (Å²) in [6.07, 6.45) is 2.98. The lowest BCUT2D eigenvalue weighted by Crippen LogP contribution is -2.37. The summed E-state index contributed by atoms with van der Waals surface area (Å²) in [4.78, 5) is 47.4. The number of thioether (sulfide) groups is 1. The first-order valence-corrected chi connectivity index (χ1v) is 18.4. The van der Waals surface area contributed by atoms with Crippen molar-refractivity contribution < 1.29 is 67.3 Å². The highest BCUT2D eigenvalue weighted by Gasteiger charge is 2.42. The molecule has 0 aromatic carbocycles. The van der Waals surface area contributed by atoms with E-state index in [1.54, 1.807) is 4.90 Å². The number of unbranched alkanes of at least 4 members (excludes halogenated alkanes) is 1. The Morgan fingerprint density at radius 2 is 1.02 bits per heavy atom. The van der Waals surface area contributed by atoms with Crippen LogP contribution in [0.1, 0.15) is 38.5 Å². The van der Waals surface area contributed by atoms with Gasteiger partial charge >= 0.3 is 18.0 Å². The molecule has 2 heterocycles. The number of nitrogens with zero attached hydrogens (tertiary/aromatic N) is 1. The molecule has 0 aromatic heterocycles. The van der Waals surface area contributed by atoms with Gasteiger partial charge in [0.2, 0.25) is 5.91 Å². The minimum Gasteiger partial charge on any atom is -0.481 e. The van der Waals surface area contributed by atoms with Crippen LogP contribution in [0, 0.1) is 0 Å². The first-order valence-electron chi connectivity index (χ1n) is 17.4. The Balaban J connectivity index is 1.54. The van der Waals surface area contributed by atoms with E-state index < -0.39 is 11.9 Å². The average molecular weight is 740 g/mol. The second-order valence-electron chi connectivity index (χ2n) is 11.4. The molecule has 0 unspecified atom stereocenters. The number of ether oxygens (including phenoxy) is 8. The Labute approximate surface area is 298 Å². The van der Waals surface area contributed by atoms with Crippen LogP contribution in [0.3, 0.4) is 0 Å². The summed E-state index contributed by atoms with van der Waals surface area (Å²) in [6, 6.07) is 0.262. The molecule has 2 aliphatic rings. The minimum absolute atomic E-state index is 0.0309. The third-order valence-corrected chi connectivity index (χ3v) is 9.09. The smallest absolute Gasteiger partial charge is 0.315 e. The molecule has 4 N–H and O–H groups in total. The molecule has 0 aliphatic carbocycles. The molecule has 2 rings (SSSR count). The fourth-order valence-electron chi connectivity index (χ4n) is 4.98. The van der Waals surface area contributed by atoms with Gasteiger partial charge in [0.15, 0.2) is 0 Å². The van der Waals surface area contributed by atoms with E-state index in [1.165, 1.54) is 0 Å². The molecule has 3 amide bonds. The summed E-state index contributed by atoms with van der Waals surface area (Å²) < 4.78 is 43.5. The van der Waals surface area contributed by atoms with E-state index in [-0.39, 0.29) is 50.1 Å². The predicted molar refractivity (Wildman–Crippen MR) is 182 cm³/mol. The Kier molecular flexibility index (Phi) is 25.7. The van der Waals surface area contributed by atoms with E-state index in [0.29, 0.717) is 117 Å². The lowest BCUT2D eigenvalue weighted by atomic mass is 10.0. The highest BCUT2D eigenvalue weighted by molar-refractivity contribution is 8.00. The molecule has 50 heavy (non-hydrogen) atoms. The summed E-state index contributed by atoms with van der Waals surface area (Å²) in [5.41, 5.74) is 0. The third kappa shape index (κ3) is 22.5. The van der Waals surface area contributed by atoms with Crippen LogP contribution in [0.5, 0.6) is 0 Å². The Morgan fingerprint density at radius 1 is 0.600 bits per heavy atom. The van der Waals surface area contributed by atoms with Crippen LogP contribution in [0.4, 0.5) is 4.79 Å². The molecular weight excluding hydrogens is 682 g/mol. The maximum atomic E-state index is 13.1. The first kappa shape index (κ1) is 43.9. The molecule has 2 saturated heterocycles. The molecule has 0 spiro atoms. The molecule has 3 atom stereocenters. The highest BCUT2D eigenvalue weighted by Crippen LogP contribution is 2.33. The summed E-state index contributed by atoms with van der Waals surface area (Å²) in [6.45, 7) is 6.39. The number of urea groups is 1. The van der Waals surface area contributed by atoms with Crippen molar-refractivity contribution >= 4 is 35.6 Å². The Morgan fingerprint density at radius 3 is 1.46 bits per heavy atom. The van der Waals surface area contributed by atoms with Crippen LogP contribution < -0.4 is 10.6 Å². The topological polar surface area (TPSA) is 210 Å². The van der Waals surface area contributed by atoms with Gasteiger partial charge in [-0.1, -0.05) is 6.42 Å². The van der Waals surface area contributed by atoms with Gasteiger partial charge in [-0.15, -0.1) is 0 Å². The molecule has 0 saturated carbocycles. The summed E-state index contributed by atoms with van der Waals surface area (Å²) in [5.74, 6) is -0.830. The lowest BCUT2D eigenvalue weighted by molar-refractivity contribution is -0.139. The van der Waals surface area contributed by atoms with Gasteiger partial charge < -0.3 is 63.6 Å². The normalized spacial score (nSPS) is 18.2. The Hall–Kier alpha value is -2.29. The van der Waals surface area contributed by atoms with Gasteiger partial charge in [0.05, 0.1) is 131 Å². The van der Waals surface area contributed by atoms with Gasteiger partial charge in [-0.05, 0) is 12.8 Å². The number of carboxylic acids is 2. The van der Waals surface area contributed by atoms with Gasteiger partial charge in [-0.2, -0.15) is 11.8 Å². The van der Waals surface area contributed by atoms with Crippen molar-refractivity contribution in [1.29, 1.82) is 0 Å². The monoisotopic (exact) mass is 739 g/mol. The number of fused-ring (bicyclic) bond motifs is 1. The van der Waals surface area contributed by atoms with Gasteiger partial charge in [-0.25, -0.2) is 4.79 Å². The maximum absolute atomic E-state index is 13.1. The summed E-state index contributed by atoms with van der Waals surface area (Å²) in [5, 5.41) is 23.5. The molecule has 0 aromatic rings. The molecule has 18 heteroatoms. The Bertz CT molecular complexity index is 895. The van der Waals surface area contributed by atoms with Crippen LogP contribution in [0.25, 0.3) is 0 Å². The minimum atomic E-state index is -0.896. The fourth-order valence-corrected chi connectivity index (χ4v) is 6.52. The molecular formula is C32H57N3O14S. The second-order valence-corrected chi connectivity index (χ2v) is 12.7. The van der Waals surface area contributed by atoms with Crippen molar-refractivity contribution in [2.75, 3.05) is 125 Å². The van der Waals surface area contributed by atoms with Crippen molar-refractivity contribution in [3.63, 3.8) is 0 Å². The summed E-state index contributed by atoms with van der Waals surface area (Å²) >= 11 is 1.87. The molecule has 2 aliphatic heterocycles. The van der Waals surface area contributed by atoms with Gasteiger partial charge in [-0.3, -0.25) is 14.4 Å². The van der Waals surface area contributed by atoms with E-state index in [9.17, 15) is 19.2 Å². The largest absolute Gasteiger partial charge is 0.481 e. The average Bonchev–Trinajstić information content (AvgIpc) is 3.64. The number of rotatable bonds is 35. The zero-order valence-electron chi connectivity index (χ0n) is 29.1.